The van der Waals surface area contributed by atoms with Crippen molar-refractivity contribution in [1.29, 1.82) is 0 Å². The predicted molar refractivity (Wildman–Crippen MR) is 108 cm³/mol. The topological polar surface area (TPSA) is 79.4 Å². The van der Waals surface area contributed by atoms with Crippen LogP contribution in [0.2, 0.25) is 0 Å². The van der Waals surface area contributed by atoms with Crippen LogP contribution in [0.25, 0.3) is 0 Å². The number of rotatable bonds is 8. The van der Waals surface area contributed by atoms with Gasteiger partial charge in [0.15, 0.2) is 0 Å². The molecule has 0 aliphatic heterocycles. The number of hydrogen-bond acceptors (Lipinski definition) is 6. The van der Waals surface area contributed by atoms with Crippen molar-refractivity contribution in [1.82, 2.24) is 9.29 Å². The van der Waals surface area contributed by atoms with Crippen LogP contribution in [-0.2, 0) is 21.2 Å². The Hall–Kier alpha value is -1.42. The number of benzene rings is 1. The summed E-state index contributed by atoms with van der Waals surface area (Å²) in [6.45, 7) is 6.28. The Morgan fingerprint density at radius 3 is 2.58 bits per heavy atom. The lowest BCUT2D eigenvalue weighted by Gasteiger charge is -2.18. The van der Waals surface area contributed by atoms with Crippen LogP contribution in [-0.4, -0.2) is 43.0 Å². The number of aryl methyl sites for hydroxylation is 1. The SMILES string of the molecule is CCN(CC)S(=O)(=O)c1cccc(NC(=O)Cc2sc(SC)nc2C)c1. The zero-order chi connectivity index (χ0) is 19.3. The number of hydrogen-bond donors (Lipinski definition) is 1. The van der Waals surface area contributed by atoms with Gasteiger partial charge < -0.3 is 5.32 Å². The van der Waals surface area contributed by atoms with Gasteiger partial charge in [-0.25, -0.2) is 13.4 Å². The average molecular weight is 414 g/mol. The van der Waals surface area contributed by atoms with Crippen molar-refractivity contribution < 1.29 is 13.2 Å². The lowest BCUT2D eigenvalue weighted by atomic mass is 10.2. The molecule has 1 amide bonds. The molecular formula is C17H23N3O3S3. The molecule has 1 aromatic carbocycles. The van der Waals surface area contributed by atoms with E-state index in [9.17, 15) is 13.2 Å². The summed E-state index contributed by atoms with van der Waals surface area (Å²) < 4.78 is 27.5. The smallest absolute Gasteiger partial charge is 0.243 e. The molecule has 9 heteroatoms. The van der Waals surface area contributed by atoms with E-state index in [1.165, 1.54) is 21.7 Å². The summed E-state index contributed by atoms with van der Waals surface area (Å²) in [6, 6.07) is 6.36. The number of carbonyl (C=O) groups excluding carboxylic acids is 1. The van der Waals surface area contributed by atoms with E-state index in [2.05, 4.69) is 10.3 Å². The molecule has 0 saturated carbocycles. The molecule has 0 spiro atoms. The summed E-state index contributed by atoms with van der Waals surface area (Å²) in [6.07, 6.45) is 2.17. The zero-order valence-corrected chi connectivity index (χ0v) is 17.7. The Kier molecular flexibility index (Phi) is 7.22. The number of nitrogens with one attached hydrogen (secondary N) is 1. The highest BCUT2D eigenvalue weighted by molar-refractivity contribution is 8.00. The van der Waals surface area contributed by atoms with Crippen molar-refractivity contribution in [2.45, 2.75) is 36.4 Å². The molecular weight excluding hydrogens is 390 g/mol. The number of aromatic nitrogens is 1. The number of sulfonamides is 1. The molecule has 142 valence electrons. The van der Waals surface area contributed by atoms with Crippen molar-refractivity contribution >= 4 is 44.7 Å². The third-order valence-corrected chi connectivity index (χ3v) is 8.02. The maximum absolute atomic E-state index is 12.6. The predicted octanol–water partition coefficient (Wildman–Crippen LogP) is 3.39. The fourth-order valence-electron chi connectivity index (χ4n) is 2.45. The van der Waals surface area contributed by atoms with Gasteiger partial charge in [-0.15, -0.1) is 11.3 Å². The fraction of sp³-hybridized carbons (Fsp3) is 0.412. The molecule has 1 N–H and O–H groups in total. The molecule has 0 saturated heterocycles. The van der Waals surface area contributed by atoms with E-state index in [0.29, 0.717) is 18.8 Å². The van der Waals surface area contributed by atoms with Crippen molar-refractivity contribution in [3.63, 3.8) is 0 Å². The minimum absolute atomic E-state index is 0.178. The van der Waals surface area contributed by atoms with E-state index in [0.717, 1.165) is 14.9 Å². The first kappa shape index (κ1) is 20.9. The summed E-state index contributed by atoms with van der Waals surface area (Å²) in [4.78, 5) is 17.8. The zero-order valence-electron chi connectivity index (χ0n) is 15.3. The second kappa shape index (κ2) is 8.98. The van der Waals surface area contributed by atoms with Gasteiger partial charge in [0.2, 0.25) is 15.9 Å². The number of thiazole rings is 1. The maximum Gasteiger partial charge on any atom is 0.243 e. The largest absolute Gasteiger partial charge is 0.326 e. The number of anilines is 1. The number of thioether (sulfide) groups is 1. The molecule has 0 aliphatic carbocycles. The van der Waals surface area contributed by atoms with Gasteiger partial charge >= 0.3 is 0 Å². The Balaban J connectivity index is 2.15. The Morgan fingerprint density at radius 1 is 1.31 bits per heavy atom. The van der Waals surface area contributed by atoms with Crippen LogP contribution < -0.4 is 5.32 Å². The molecule has 2 rings (SSSR count). The Morgan fingerprint density at radius 2 is 2.00 bits per heavy atom. The van der Waals surface area contributed by atoms with E-state index in [1.807, 2.05) is 13.2 Å². The molecule has 0 bridgehead atoms. The summed E-state index contributed by atoms with van der Waals surface area (Å²) in [5.74, 6) is -0.193. The van der Waals surface area contributed by atoms with Crippen LogP contribution in [0.3, 0.4) is 0 Å². The monoisotopic (exact) mass is 413 g/mol. The normalized spacial score (nSPS) is 11.7. The molecule has 6 nitrogen and oxygen atoms in total. The molecule has 1 heterocycles. The standard InChI is InChI=1S/C17H23N3O3S3/c1-5-20(6-2)26(22,23)14-9-7-8-13(10-14)19-16(21)11-15-12(3)18-17(24-4)25-15/h7-10H,5-6,11H2,1-4H3,(H,19,21). The molecule has 0 atom stereocenters. The molecule has 2 aromatic rings. The first-order valence-corrected chi connectivity index (χ1v) is 11.7. The van der Waals surface area contributed by atoms with Crippen LogP contribution in [0.5, 0.6) is 0 Å². The number of nitrogens with zero attached hydrogens (tertiary/aromatic N) is 2. The second-order valence-electron chi connectivity index (χ2n) is 5.53. The first-order valence-electron chi connectivity index (χ1n) is 8.22. The second-order valence-corrected chi connectivity index (χ2v) is 9.61. The Bertz CT molecular complexity index is 874. The van der Waals surface area contributed by atoms with E-state index in [4.69, 9.17) is 0 Å². The highest BCUT2D eigenvalue weighted by Gasteiger charge is 2.22. The van der Waals surface area contributed by atoms with Gasteiger partial charge in [0.25, 0.3) is 0 Å². The van der Waals surface area contributed by atoms with Gasteiger partial charge in [-0.05, 0) is 31.4 Å². The van der Waals surface area contributed by atoms with Crippen molar-refractivity contribution in [2.24, 2.45) is 0 Å². The van der Waals surface area contributed by atoms with Crippen LogP contribution in [0.15, 0.2) is 33.5 Å². The van der Waals surface area contributed by atoms with E-state index in [1.54, 1.807) is 43.8 Å². The van der Waals surface area contributed by atoms with Gasteiger partial charge in [-0.2, -0.15) is 4.31 Å². The summed E-state index contributed by atoms with van der Waals surface area (Å²) in [5, 5.41) is 2.78. The molecule has 0 fully saturated rings. The lowest BCUT2D eigenvalue weighted by molar-refractivity contribution is -0.115. The van der Waals surface area contributed by atoms with Gasteiger partial charge in [0.1, 0.15) is 4.34 Å². The summed E-state index contributed by atoms with van der Waals surface area (Å²) >= 11 is 3.05. The third kappa shape index (κ3) is 4.85. The lowest BCUT2D eigenvalue weighted by Crippen LogP contribution is -2.30. The molecule has 1 aromatic heterocycles. The maximum atomic E-state index is 12.6. The molecule has 0 radical (unpaired) electrons. The van der Waals surface area contributed by atoms with E-state index in [-0.39, 0.29) is 17.2 Å². The highest BCUT2D eigenvalue weighted by Crippen LogP contribution is 2.26. The van der Waals surface area contributed by atoms with Crippen LogP contribution in [0.1, 0.15) is 24.4 Å². The van der Waals surface area contributed by atoms with Crippen molar-refractivity contribution in [3.8, 4) is 0 Å². The quantitative estimate of drug-likeness (QED) is 0.671. The molecule has 0 unspecified atom stereocenters. The minimum Gasteiger partial charge on any atom is -0.326 e. The van der Waals surface area contributed by atoms with Crippen LogP contribution in [0, 0.1) is 6.92 Å². The number of amides is 1. The number of carbonyl (C=O) groups is 1. The van der Waals surface area contributed by atoms with Crippen LogP contribution in [0.4, 0.5) is 5.69 Å². The highest BCUT2D eigenvalue weighted by atomic mass is 32.2. The van der Waals surface area contributed by atoms with Gasteiger partial charge in [0, 0.05) is 23.7 Å². The van der Waals surface area contributed by atoms with Crippen LogP contribution >= 0.6 is 23.1 Å². The fourth-order valence-corrected chi connectivity index (χ4v) is 5.61. The average Bonchev–Trinajstić information content (AvgIpc) is 2.95. The minimum atomic E-state index is -3.55. The van der Waals surface area contributed by atoms with Crippen molar-refractivity contribution in [2.75, 3.05) is 24.7 Å². The van der Waals surface area contributed by atoms with Gasteiger partial charge in [-0.1, -0.05) is 31.7 Å². The third-order valence-electron chi connectivity index (χ3n) is 3.83. The van der Waals surface area contributed by atoms with Gasteiger partial charge in [-0.3, -0.25) is 4.79 Å². The van der Waals surface area contributed by atoms with Gasteiger partial charge in [0.05, 0.1) is 17.0 Å². The molecule has 0 aliphatic rings. The van der Waals surface area contributed by atoms with E-state index >= 15 is 0 Å². The molecule has 26 heavy (non-hydrogen) atoms. The first-order chi connectivity index (χ1) is 12.3. The summed E-state index contributed by atoms with van der Waals surface area (Å²) in [5.41, 5.74) is 1.32. The van der Waals surface area contributed by atoms with Crippen molar-refractivity contribution in [3.05, 3.63) is 34.8 Å². The Labute approximate surface area is 163 Å². The van der Waals surface area contributed by atoms with E-state index < -0.39 is 10.0 Å². The summed E-state index contributed by atoms with van der Waals surface area (Å²) in [7, 11) is -3.55.